The maximum Gasteiger partial charge on any atom is 0.0571 e. The molecule has 1 aliphatic rings. The summed E-state index contributed by atoms with van der Waals surface area (Å²) in [7, 11) is 0. The van der Waals surface area contributed by atoms with E-state index in [-0.39, 0.29) is 0 Å². The fraction of sp³-hybridized carbons (Fsp3) is 0.438. The third-order valence-corrected chi connectivity index (χ3v) is 3.81. The Hall–Kier alpha value is -1.61. The summed E-state index contributed by atoms with van der Waals surface area (Å²) in [5.74, 6) is 0. The van der Waals surface area contributed by atoms with Crippen molar-refractivity contribution in [3.8, 4) is 11.1 Å². The molecule has 0 atom stereocenters. The number of rotatable bonds is 5. The van der Waals surface area contributed by atoms with E-state index in [0.29, 0.717) is 0 Å². The van der Waals surface area contributed by atoms with E-state index in [4.69, 9.17) is 0 Å². The first-order valence-electron chi connectivity index (χ1n) is 7.13. The van der Waals surface area contributed by atoms with Crippen LogP contribution in [-0.4, -0.2) is 15.8 Å². The second-order valence-corrected chi connectivity index (χ2v) is 5.31. The van der Waals surface area contributed by atoms with E-state index in [1.54, 1.807) is 0 Å². The van der Waals surface area contributed by atoms with Gasteiger partial charge in [0.25, 0.3) is 0 Å². The molecular weight excluding hydrogens is 234 g/mol. The van der Waals surface area contributed by atoms with Gasteiger partial charge in [-0.25, -0.2) is 0 Å². The van der Waals surface area contributed by atoms with Gasteiger partial charge in [-0.05, 0) is 43.9 Å². The zero-order chi connectivity index (χ0) is 13.2. The molecule has 1 saturated carbocycles. The lowest BCUT2D eigenvalue weighted by Gasteiger charge is -2.07. The lowest BCUT2D eigenvalue weighted by Crippen LogP contribution is -2.15. The molecule has 100 valence electrons. The lowest BCUT2D eigenvalue weighted by atomic mass is 10.0. The van der Waals surface area contributed by atoms with Crippen LogP contribution in [0.25, 0.3) is 11.1 Å². The van der Waals surface area contributed by atoms with E-state index in [0.717, 1.165) is 19.1 Å². The first kappa shape index (κ1) is 12.4. The normalized spacial score (nSPS) is 14.8. The van der Waals surface area contributed by atoms with Crippen LogP contribution in [0.5, 0.6) is 0 Å². The molecule has 0 amide bonds. The van der Waals surface area contributed by atoms with Crippen LogP contribution in [0, 0.1) is 6.92 Å². The third-order valence-electron chi connectivity index (χ3n) is 3.81. The number of aryl methyl sites for hydroxylation is 1. The van der Waals surface area contributed by atoms with Crippen LogP contribution in [0.15, 0.2) is 30.5 Å². The van der Waals surface area contributed by atoms with Gasteiger partial charge in [-0.2, -0.15) is 5.10 Å². The quantitative estimate of drug-likeness (QED) is 0.889. The van der Waals surface area contributed by atoms with E-state index in [1.807, 2.05) is 10.9 Å². The van der Waals surface area contributed by atoms with Crippen molar-refractivity contribution in [2.75, 3.05) is 0 Å². The molecule has 3 heteroatoms. The minimum atomic E-state index is 0.758. The molecule has 0 aliphatic heterocycles. The number of hydrogen-bond acceptors (Lipinski definition) is 2. The van der Waals surface area contributed by atoms with E-state index in [9.17, 15) is 0 Å². The van der Waals surface area contributed by atoms with Gasteiger partial charge >= 0.3 is 0 Å². The summed E-state index contributed by atoms with van der Waals surface area (Å²) in [4.78, 5) is 0. The minimum Gasteiger partial charge on any atom is -0.310 e. The second kappa shape index (κ2) is 5.17. The van der Waals surface area contributed by atoms with E-state index >= 15 is 0 Å². The maximum absolute atomic E-state index is 4.43. The molecule has 3 rings (SSSR count). The van der Waals surface area contributed by atoms with Crippen LogP contribution < -0.4 is 5.32 Å². The van der Waals surface area contributed by atoms with Gasteiger partial charge in [-0.3, -0.25) is 4.68 Å². The first-order chi connectivity index (χ1) is 9.28. The molecule has 1 aromatic heterocycles. The Morgan fingerprint density at radius 3 is 2.89 bits per heavy atom. The summed E-state index contributed by atoms with van der Waals surface area (Å²) >= 11 is 0. The second-order valence-electron chi connectivity index (χ2n) is 5.31. The molecule has 1 aliphatic carbocycles. The predicted molar refractivity (Wildman–Crippen MR) is 77.9 cm³/mol. The molecule has 19 heavy (non-hydrogen) atoms. The van der Waals surface area contributed by atoms with E-state index in [1.165, 1.54) is 35.2 Å². The molecule has 1 aromatic carbocycles. The SMILES string of the molecule is CCn1ncc(-c2cccc(CNC3CC3)c2)c1C. The molecule has 0 saturated heterocycles. The Morgan fingerprint density at radius 1 is 1.37 bits per heavy atom. The highest BCUT2D eigenvalue weighted by molar-refractivity contribution is 5.65. The summed E-state index contributed by atoms with van der Waals surface area (Å²) < 4.78 is 2.05. The molecule has 1 fully saturated rings. The molecule has 2 aromatic rings. The highest BCUT2D eigenvalue weighted by atomic mass is 15.3. The molecule has 0 unspecified atom stereocenters. The molecule has 1 N–H and O–H groups in total. The van der Waals surface area contributed by atoms with Crippen LogP contribution >= 0.6 is 0 Å². The topological polar surface area (TPSA) is 29.9 Å². The largest absolute Gasteiger partial charge is 0.310 e. The summed E-state index contributed by atoms with van der Waals surface area (Å²) in [6.45, 7) is 6.16. The minimum absolute atomic E-state index is 0.758. The van der Waals surface area contributed by atoms with Crippen LogP contribution in [0.4, 0.5) is 0 Å². The summed E-state index contributed by atoms with van der Waals surface area (Å²) in [5, 5.41) is 7.99. The van der Waals surface area contributed by atoms with Crippen LogP contribution in [0.2, 0.25) is 0 Å². The standard InChI is InChI=1S/C16H21N3/c1-3-19-12(2)16(11-18-19)14-6-4-5-13(9-14)10-17-15-7-8-15/h4-6,9,11,15,17H,3,7-8,10H2,1-2H3. The van der Waals surface area contributed by atoms with Crippen molar-refractivity contribution < 1.29 is 0 Å². The smallest absolute Gasteiger partial charge is 0.0571 e. The van der Waals surface area contributed by atoms with E-state index in [2.05, 4.69) is 48.5 Å². The molecule has 0 spiro atoms. The number of nitrogens with one attached hydrogen (secondary N) is 1. The molecule has 3 nitrogen and oxygen atoms in total. The fourth-order valence-electron chi connectivity index (χ4n) is 2.45. The molecular formula is C16H21N3. The van der Waals surface area contributed by atoms with Gasteiger partial charge in [0.05, 0.1) is 6.20 Å². The van der Waals surface area contributed by atoms with Gasteiger partial charge < -0.3 is 5.32 Å². The van der Waals surface area contributed by atoms with Crippen molar-refractivity contribution in [2.45, 2.75) is 45.8 Å². The number of hydrogen-bond donors (Lipinski definition) is 1. The summed E-state index contributed by atoms with van der Waals surface area (Å²) in [6.07, 6.45) is 4.65. The lowest BCUT2D eigenvalue weighted by molar-refractivity contribution is 0.640. The monoisotopic (exact) mass is 255 g/mol. The van der Waals surface area contributed by atoms with Crippen molar-refractivity contribution in [1.82, 2.24) is 15.1 Å². The van der Waals surface area contributed by atoms with E-state index < -0.39 is 0 Å². The highest BCUT2D eigenvalue weighted by Gasteiger charge is 2.19. The Balaban J connectivity index is 1.82. The van der Waals surface area contributed by atoms with Crippen molar-refractivity contribution >= 4 is 0 Å². The Labute approximate surface area is 114 Å². The molecule has 0 radical (unpaired) electrons. The van der Waals surface area contributed by atoms with Crippen molar-refractivity contribution in [1.29, 1.82) is 0 Å². The first-order valence-corrected chi connectivity index (χ1v) is 7.13. The van der Waals surface area contributed by atoms with Crippen LogP contribution in [0.1, 0.15) is 31.0 Å². The predicted octanol–water partition coefficient (Wildman–Crippen LogP) is 3.13. The van der Waals surface area contributed by atoms with Gasteiger partial charge in [0.1, 0.15) is 0 Å². The number of benzene rings is 1. The zero-order valence-electron chi connectivity index (χ0n) is 11.7. The maximum atomic E-state index is 4.43. The van der Waals surface area contributed by atoms with Gasteiger partial charge in [-0.1, -0.05) is 18.2 Å². The Morgan fingerprint density at radius 2 is 2.21 bits per heavy atom. The van der Waals surface area contributed by atoms with Gasteiger partial charge in [0.15, 0.2) is 0 Å². The average Bonchev–Trinajstić information content (AvgIpc) is 3.19. The van der Waals surface area contributed by atoms with Crippen LogP contribution in [0.3, 0.4) is 0 Å². The van der Waals surface area contributed by atoms with Gasteiger partial charge in [0, 0.05) is 30.4 Å². The molecule has 0 bridgehead atoms. The van der Waals surface area contributed by atoms with Gasteiger partial charge in [0.2, 0.25) is 0 Å². The zero-order valence-corrected chi connectivity index (χ0v) is 11.7. The number of nitrogens with zero attached hydrogens (tertiary/aromatic N) is 2. The van der Waals surface area contributed by atoms with Crippen molar-refractivity contribution in [2.24, 2.45) is 0 Å². The van der Waals surface area contributed by atoms with Gasteiger partial charge in [-0.15, -0.1) is 0 Å². The van der Waals surface area contributed by atoms with Crippen LogP contribution in [-0.2, 0) is 13.1 Å². The summed E-state index contributed by atoms with van der Waals surface area (Å²) in [6, 6.07) is 9.54. The van der Waals surface area contributed by atoms with Crippen molar-refractivity contribution in [3.05, 3.63) is 41.7 Å². The average molecular weight is 255 g/mol. The third kappa shape index (κ3) is 2.71. The Kier molecular flexibility index (Phi) is 3.38. The summed E-state index contributed by atoms with van der Waals surface area (Å²) in [5.41, 5.74) is 5.12. The number of aromatic nitrogens is 2. The molecule has 1 heterocycles. The van der Waals surface area contributed by atoms with Crippen molar-refractivity contribution in [3.63, 3.8) is 0 Å². The Bertz CT molecular complexity index is 567. The highest BCUT2D eigenvalue weighted by Crippen LogP contribution is 2.24. The fourth-order valence-corrected chi connectivity index (χ4v) is 2.45.